The zero-order chi connectivity index (χ0) is 16.5. The molecule has 0 atom stereocenters. The van der Waals surface area contributed by atoms with E-state index in [1.807, 2.05) is 6.92 Å². The minimum Gasteiger partial charge on any atom is -0.475 e. The first-order valence-electron chi connectivity index (χ1n) is 6.61. The van der Waals surface area contributed by atoms with Gasteiger partial charge in [-0.3, -0.25) is 4.68 Å². The van der Waals surface area contributed by atoms with Gasteiger partial charge in [0.2, 0.25) is 15.8 Å². The van der Waals surface area contributed by atoms with Gasteiger partial charge < -0.3 is 9.52 Å². The Morgan fingerprint density at radius 3 is 2.68 bits per heavy atom. The summed E-state index contributed by atoms with van der Waals surface area (Å²) in [6.07, 6.45) is 1.21. The Morgan fingerprint density at radius 1 is 1.45 bits per heavy atom. The number of carbonyl (C=O) groups is 1. The lowest BCUT2D eigenvalue weighted by Gasteiger charge is -2.07. The van der Waals surface area contributed by atoms with Gasteiger partial charge in [0.1, 0.15) is 4.90 Å². The molecule has 2 aromatic heterocycles. The van der Waals surface area contributed by atoms with Crippen molar-refractivity contribution in [1.29, 1.82) is 0 Å². The smallest absolute Gasteiger partial charge is 0.372 e. The molecule has 9 heteroatoms. The van der Waals surface area contributed by atoms with Crippen molar-refractivity contribution in [3.05, 3.63) is 35.0 Å². The fourth-order valence-corrected chi connectivity index (χ4v) is 3.70. The highest BCUT2D eigenvalue weighted by atomic mass is 32.2. The lowest BCUT2D eigenvalue weighted by Crippen LogP contribution is -2.25. The summed E-state index contributed by atoms with van der Waals surface area (Å²) in [7, 11) is -3.80. The van der Waals surface area contributed by atoms with E-state index in [-0.39, 0.29) is 22.8 Å². The van der Waals surface area contributed by atoms with Crippen LogP contribution in [-0.2, 0) is 23.1 Å². The maximum Gasteiger partial charge on any atom is 0.372 e. The minimum atomic E-state index is -3.80. The van der Waals surface area contributed by atoms with Gasteiger partial charge in [-0.15, -0.1) is 0 Å². The zero-order valence-corrected chi connectivity index (χ0v) is 13.3. The predicted molar refractivity (Wildman–Crippen MR) is 77.1 cm³/mol. The van der Waals surface area contributed by atoms with Crippen molar-refractivity contribution in [3.8, 4) is 0 Å². The van der Waals surface area contributed by atoms with Crippen LogP contribution in [0.1, 0.15) is 34.4 Å². The number of rotatable bonds is 6. The molecule has 0 aliphatic carbocycles. The first-order chi connectivity index (χ1) is 10.3. The average molecular weight is 327 g/mol. The highest BCUT2D eigenvalue weighted by Crippen LogP contribution is 2.20. The van der Waals surface area contributed by atoms with Crippen LogP contribution in [0.4, 0.5) is 0 Å². The summed E-state index contributed by atoms with van der Waals surface area (Å²) < 4.78 is 33.7. The van der Waals surface area contributed by atoms with Crippen LogP contribution in [0.5, 0.6) is 0 Å². The van der Waals surface area contributed by atoms with E-state index in [0.29, 0.717) is 17.9 Å². The summed E-state index contributed by atoms with van der Waals surface area (Å²) in [5, 5.41) is 13.1. The number of hydrogen-bond acceptors (Lipinski definition) is 5. The van der Waals surface area contributed by atoms with Gasteiger partial charge in [-0.1, -0.05) is 0 Å². The quantitative estimate of drug-likeness (QED) is 0.826. The van der Waals surface area contributed by atoms with Gasteiger partial charge in [-0.05, 0) is 26.8 Å². The van der Waals surface area contributed by atoms with E-state index in [1.54, 1.807) is 18.5 Å². The van der Waals surface area contributed by atoms with Crippen LogP contribution in [-0.4, -0.2) is 29.3 Å². The Morgan fingerprint density at radius 2 is 2.14 bits per heavy atom. The van der Waals surface area contributed by atoms with Crippen molar-refractivity contribution in [2.24, 2.45) is 0 Å². The molecule has 0 fully saturated rings. The fraction of sp³-hybridized carbons (Fsp3) is 0.385. The highest BCUT2D eigenvalue weighted by Gasteiger charge is 2.25. The topological polar surface area (TPSA) is 114 Å². The summed E-state index contributed by atoms with van der Waals surface area (Å²) >= 11 is 0. The fourth-order valence-electron chi connectivity index (χ4n) is 2.28. The van der Waals surface area contributed by atoms with Gasteiger partial charge in [0, 0.05) is 18.7 Å². The monoisotopic (exact) mass is 327 g/mol. The molecule has 2 heterocycles. The molecule has 0 saturated heterocycles. The predicted octanol–water partition coefficient (Wildman–Crippen LogP) is 1.29. The van der Waals surface area contributed by atoms with E-state index in [2.05, 4.69) is 9.82 Å². The Kier molecular flexibility index (Phi) is 4.38. The van der Waals surface area contributed by atoms with E-state index < -0.39 is 16.0 Å². The van der Waals surface area contributed by atoms with Crippen LogP contribution in [0.25, 0.3) is 0 Å². The third kappa shape index (κ3) is 2.90. The summed E-state index contributed by atoms with van der Waals surface area (Å²) in [4.78, 5) is 11.1. The molecule has 8 nitrogen and oxygen atoms in total. The molecule has 0 unspecified atom stereocenters. The molecule has 0 bridgehead atoms. The molecule has 2 N–H and O–H groups in total. The Hall–Kier alpha value is -2.13. The highest BCUT2D eigenvalue weighted by molar-refractivity contribution is 7.89. The summed E-state index contributed by atoms with van der Waals surface area (Å²) in [6, 6.07) is 1.42. The van der Waals surface area contributed by atoms with Crippen molar-refractivity contribution in [2.45, 2.75) is 38.8 Å². The number of sulfonamides is 1. The molecule has 2 aromatic rings. The summed E-state index contributed by atoms with van der Waals surface area (Å²) in [5.74, 6) is -1.52. The lowest BCUT2D eigenvalue weighted by atomic mass is 10.2. The second kappa shape index (κ2) is 5.93. The molecule has 0 amide bonds. The van der Waals surface area contributed by atoms with Crippen LogP contribution in [0.2, 0.25) is 0 Å². The average Bonchev–Trinajstić information content (AvgIpc) is 3.01. The third-order valence-corrected chi connectivity index (χ3v) is 4.93. The van der Waals surface area contributed by atoms with E-state index in [9.17, 15) is 13.2 Å². The Labute approximate surface area is 127 Å². The van der Waals surface area contributed by atoms with Crippen molar-refractivity contribution >= 4 is 16.0 Å². The number of aromatic carboxylic acids is 1. The normalized spacial score (nSPS) is 11.8. The van der Waals surface area contributed by atoms with Crippen molar-refractivity contribution in [3.63, 3.8) is 0 Å². The maximum atomic E-state index is 12.4. The second-order valence-corrected chi connectivity index (χ2v) is 6.42. The van der Waals surface area contributed by atoms with E-state index >= 15 is 0 Å². The number of aryl methyl sites for hydroxylation is 2. The number of aromatic nitrogens is 2. The molecule has 120 valence electrons. The van der Waals surface area contributed by atoms with Crippen LogP contribution < -0.4 is 4.72 Å². The van der Waals surface area contributed by atoms with Gasteiger partial charge in [-0.2, -0.15) is 5.10 Å². The van der Waals surface area contributed by atoms with Crippen LogP contribution in [0.3, 0.4) is 0 Å². The molecular weight excluding hydrogens is 310 g/mol. The molecule has 0 aromatic carbocycles. The van der Waals surface area contributed by atoms with Crippen LogP contribution in [0, 0.1) is 13.8 Å². The molecular formula is C13H17N3O5S. The first kappa shape index (κ1) is 16.2. The van der Waals surface area contributed by atoms with E-state index in [0.717, 1.165) is 0 Å². The summed E-state index contributed by atoms with van der Waals surface area (Å²) in [5.41, 5.74) is 1.20. The number of nitrogens with zero attached hydrogens (tertiary/aromatic N) is 2. The number of carboxylic acid groups (broad SMARTS) is 1. The zero-order valence-electron chi connectivity index (χ0n) is 12.5. The van der Waals surface area contributed by atoms with E-state index in [1.165, 1.54) is 12.3 Å². The molecule has 0 radical (unpaired) electrons. The Bertz CT molecular complexity index is 804. The minimum absolute atomic E-state index is 0.120. The number of nitrogens with one attached hydrogen (secondary N) is 1. The van der Waals surface area contributed by atoms with Gasteiger partial charge in [0.25, 0.3) is 0 Å². The van der Waals surface area contributed by atoms with Crippen molar-refractivity contribution in [2.75, 3.05) is 0 Å². The van der Waals surface area contributed by atoms with Crippen LogP contribution in [0.15, 0.2) is 21.6 Å². The van der Waals surface area contributed by atoms with Gasteiger partial charge in [0.15, 0.2) is 0 Å². The lowest BCUT2D eigenvalue weighted by molar-refractivity contribution is 0.0660. The molecule has 22 heavy (non-hydrogen) atoms. The largest absolute Gasteiger partial charge is 0.475 e. The molecule has 0 aliphatic rings. The van der Waals surface area contributed by atoms with Gasteiger partial charge in [-0.25, -0.2) is 17.9 Å². The molecule has 0 saturated carbocycles. The number of hydrogen-bond donors (Lipinski definition) is 2. The maximum absolute atomic E-state index is 12.4. The first-order valence-corrected chi connectivity index (χ1v) is 8.09. The molecule has 2 rings (SSSR count). The third-order valence-electron chi connectivity index (χ3n) is 3.28. The standard InChI is InChI=1S/C13H17N3O5S/c1-4-16-9(3)12(8(2)15-16)22(19,20)14-7-10-5-6-21-11(10)13(17)18/h5-6,14H,4,7H2,1-3H3,(H,17,18). The summed E-state index contributed by atoms with van der Waals surface area (Å²) in [6.45, 7) is 5.56. The van der Waals surface area contributed by atoms with E-state index in [4.69, 9.17) is 9.52 Å². The van der Waals surface area contributed by atoms with Crippen molar-refractivity contribution < 1.29 is 22.7 Å². The molecule has 0 spiro atoms. The van der Waals surface area contributed by atoms with Crippen LogP contribution >= 0.6 is 0 Å². The number of carboxylic acids is 1. The van der Waals surface area contributed by atoms with Crippen molar-refractivity contribution in [1.82, 2.24) is 14.5 Å². The SMILES string of the molecule is CCn1nc(C)c(S(=O)(=O)NCc2ccoc2C(=O)O)c1C. The van der Waals surface area contributed by atoms with Gasteiger partial charge >= 0.3 is 5.97 Å². The second-order valence-electron chi connectivity index (χ2n) is 4.72. The Balaban J connectivity index is 2.27. The molecule has 0 aliphatic heterocycles. The van der Waals surface area contributed by atoms with Gasteiger partial charge in [0.05, 0.1) is 17.7 Å². The number of furan rings is 1.